The van der Waals surface area contributed by atoms with Gasteiger partial charge < -0.3 is 4.57 Å². The zero-order valence-electron chi connectivity index (χ0n) is 13.9. The molecule has 8 heteroatoms. The van der Waals surface area contributed by atoms with Gasteiger partial charge in [0.2, 0.25) is 0 Å². The highest BCUT2D eigenvalue weighted by molar-refractivity contribution is 8.00. The van der Waals surface area contributed by atoms with Crippen molar-refractivity contribution in [2.75, 3.05) is 11.5 Å². The minimum atomic E-state index is -2.01. The summed E-state index contributed by atoms with van der Waals surface area (Å²) in [4.78, 5) is 17.3. The third kappa shape index (κ3) is 3.17. The number of rotatable bonds is 3. The predicted molar refractivity (Wildman–Crippen MR) is 108 cm³/mol. The molecule has 136 valence electrons. The van der Waals surface area contributed by atoms with Crippen molar-refractivity contribution in [1.82, 2.24) is 14.1 Å². The monoisotopic (exact) mass is 409 g/mol. The largest absolute Gasteiger partial charge is 0.328 e. The Hall–Kier alpha value is -1.76. The fourth-order valence-electron chi connectivity index (χ4n) is 3.40. The highest BCUT2D eigenvalue weighted by Gasteiger charge is 2.26. The summed E-state index contributed by atoms with van der Waals surface area (Å²) >= 11 is 12.0. The average molecular weight is 410 g/mol. The highest BCUT2D eigenvalue weighted by Crippen LogP contribution is 2.27. The van der Waals surface area contributed by atoms with E-state index < -0.39 is 9.52 Å². The van der Waals surface area contributed by atoms with Crippen LogP contribution in [-0.2, 0) is 16.1 Å². The summed E-state index contributed by atoms with van der Waals surface area (Å²) in [6, 6.07) is 7.15. The molecule has 1 aliphatic heterocycles. The van der Waals surface area contributed by atoms with Gasteiger partial charge in [0.15, 0.2) is 0 Å². The number of fused-ring (bicyclic) bond motifs is 1. The van der Waals surface area contributed by atoms with Gasteiger partial charge >= 0.3 is 0 Å². The molecule has 1 aromatic carbocycles. The molecule has 26 heavy (non-hydrogen) atoms. The minimum Gasteiger partial charge on any atom is -0.328 e. The lowest BCUT2D eigenvalue weighted by Gasteiger charge is -2.12. The highest BCUT2D eigenvalue weighted by atomic mass is 35.5. The van der Waals surface area contributed by atoms with Crippen LogP contribution in [0.1, 0.15) is 18.0 Å². The van der Waals surface area contributed by atoms with Gasteiger partial charge in [0.25, 0.3) is 5.56 Å². The molecular weight excluding hydrogens is 393 g/mol. The molecule has 0 bridgehead atoms. The maximum absolute atomic E-state index is 12.8. The smallest absolute Gasteiger partial charge is 0.263 e. The maximum atomic E-state index is 12.8. The van der Waals surface area contributed by atoms with Crippen molar-refractivity contribution in [1.29, 1.82) is 0 Å². The Bertz CT molecular complexity index is 1160. The van der Waals surface area contributed by atoms with Crippen LogP contribution in [0, 0.1) is 0 Å². The van der Waals surface area contributed by atoms with E-state index in [9.17, 15) is 9.00 Å². The average Bonchev–Trinajstić information content (AvgIpc) is 3.17. The molecule has 1 saturated heterocycles. The second-order valence-electron chi connectivity index (χ2n) is 6.67. The van der Waals surface area contributed by atoms with E-state index in [0.29, 0.717) is 39.1 Å². The molecule has 4 rings (SSSR count). The second kappa shape index (κ2) is 6.44. The number of hydrogen-bond donors (Lipinski definition) is 0. The van der Waals surface area contributed by atoms with E-state index >= 15 is 0 Å². The first-order chi connectivity index (χ1) is 12.3. The van der Waals surface area contributed by atoms with Crippen molar-refractivity contribution < 1.29 is 4.21 Å². The zero-order valence-corrected chi connectivity index (χ0v) is 16.2. The Morgan fingerprint density at radius 2 is 2.08 bits per heavy atom. The van der Waals surface area contributed by atoms with Gasteiger partial charge in [0, 0.05) is 23.7 Å². The summed E-state index contributed by atoms with van der Waals surface area (Å²) in [6.07, 6.45) is 4.19. The third-order valence-electron chi connectivity index (χ3n) is 4.75. The Balaban J connectivity index is 1.70. The van der Waals surface area contributed by atoms with Crippen LogP contribution >= 0.6 is 23.2 Å². The summed E-state index contributed by atoms with van der Waals surface area (Å²) in [5.41, 5.74) is 1.38. The Kier molecular flexibility index (Phi) is 4.37. The van der Waals surface area contributed by atoms with Gasteiger partial charge in [0.1, 0.15) is 12.0 Å². The quantitative estimate of drug-likeness (QED) is 0.623. The molecule has 3 heterocycles. The van der Waals surface area contributed by atoms with Crippen LogP contribution in [-0.4, -0.2) is 35.7 Å². The molecule has 2 aromatic heterocycles. The number of benzene rings is 1. The second-order valence-corrected chi connectivity index (χ2v) is 10.2. The SMILES string of the molecule is C=S1(=O)CCC(n2ccc3c(=O)n(Cc4ccc(Cl)c(Cl)c4)cnc32)C1. The minimum absolute atomic E-state index is 0.0790. The summed E-state index contributed by atoms with van der Waals surface area (Å²) in [6.45, 7) is 0.361. The molecule has 0 radical (unpaired) electrons. The van der Waals surface area contributed by atoms with Gasteiger partial charge in [-0.15, -0.1) is 0 Å². The van der Waals surface area contributed by atoms with Gasteiger partial charge in [-0.05, 0) is 45.6 Å². The molecule has 2 atom stereocenters. The lowest BCUT2D eigenvalue weighted by molar-refractivity contribution is 0.573. The van der Waals surface area contributed by atoms with Gasteiger partial charge in [0.05, 0.1) is 22.0 Å². The molecule has 0 aliphatic carbocycles. The van der Waals surface area contributed by atoms with Crippen LogP contribution in [0.5, 0.6) is 0 Å². The van der Waals surface area contributed by atoms with E-state index in [0.717, 1.165) is 12.0 Å². The van der Waals surface area contributed by atoms with Gasteiger partial charge in [-0.3, -0.25) is 13.6 Å². The zero-order chi connectivity index (χ0) is 18.5. The molecule has 2 unspecified atom stereocenters. The van der Waals surface area contributed by atoms with Crippen LogP contribution in [0.3, 0.4) is 0 Å². The summed E-state index contributed by atoms with van der Waals surface area (Å²) in [5, 5.41) is 1.48. The van der Waals surface area contributed by atoms with Crippen molar-refractivity contribution in [2.45, 2.75) is 19.0 Å². The van der Waals surface area contributed by atoms with Crippen LogP contribution in [0.15, 0.2) is 41.6 Å². The molecular formula is C18H17Cl2N3O2S. The summed E-state index contributed by atoms with van der Waals surface area (Å²) in [5.74, 6) is 4.96. The number of nitrogens with zero attached hydrogens (tertiary/aromatic N) is 3. The molecule has 0 spiro atoms. The van der Waals surface area contributed by atoms with Crippen molar-refractivity contribution in [3.63, 3.8) is 0 Å². The first-order valence-corrected chi connectivity index (χ1v) is 11.0. The van der Waals surface area contributed by atoms with E-state index in [1.54, 1.807) is 29.1 Å². The fraction of sp³-hybridized carbons (Fsp3) is 0.278. The van der Waals surface area contributed by atoms with Gasteiger partial charge in [-0.1, -0.05) is 29.3 Å². The van der Waals surface area contributed by atoms with Crippen LogP contribution in [0.4, 0.5) is 0 Å². The van der Waals surface area contributed by atoms with Gasteiger partial charge in [-0.2, -0.15) is 0 Å². The first kappa shape index (κ1) is 17.6. The van der Waals surface area contributed by atoms with Crippen molar-refractivity contribution >= 4 is 49.6 Å². The van der Waals surface area contributed by atoms with Gasteiger partial charge in [-0.25, -0.2) is 4.98 Å². The molecule has 1 aliphatic rings. The summed E-state index contributed by atoms with van der Waals surface area (Å²) in [7, 11) is -2.01. The van der Waals surface area contributed by atoms with E-state index in [-0.39, 0.29) is 11.6 Å². The first-order valence-electron chi connectivity index (χ1n) is 8.16. The molecule has 0 amide bonds. The van der Waals surface area contributed by atoms with Crippen molar-refractivity contribution in [3.8, 4) is 0 Å². The Labute approximate surface area is 161 Å². The Morgan fingerprint density at radius 3 is 2.77 bits per heavy atom. The molecule has 0 saturated carbocycles. The summed E-state index contributed by atoms with van der Waals surface area (Å²) < 4.78 is 15.7. The lowest BCUT2D eigenvalue weighted by atomic mass is 10.2. The fourth-order valence-corrected chi connectivity index (χ4v) is 5.62. The van der Waals surface area contributed by atoms with Crippen LogP contribution < -0.4 is 5.56 Å². The van der Waals surface area contributed by atoms with Crippen LogP contribution in [0.2, 0.25) is 10.0 Å². The van der Waals surface area contributed by atoms with E-state index in [4.69, 9.17) is 23.2 Å². The third-order valence-corrected chi connectivity index (χ3v) is 7.46. The lowest BCUT2D eigenvalue weighted by Crippen LogP contribution is -2.21. The topological polar surface area (TPSA) is 56.9 Å². The maximum Gasteiger partial charge on any atom is 0.263 e. The predicted octanol–water partition coefficient (Wildman–Crippen LogP) is 3.21. The molecule has 5 nitrogen and oxygen atoms in total. The number of aromatic nitrogens is 3. The number of halogens is 2. The van der Waals surface area contributed by atoms with E-state index in [1.165, 1.54) is 0 Å². The van der Waals surface area contributed by atoms with Crippen molar-refractivity contribution in [3.05, 3.63) is 62.8 Å². The molecule has 1 fully saturated rings. The van der Waals surface area contributed by atoms with E-state index in [2.05, 4.69) is 10.9 Å². The van der Waals surface area contributed by atoms with Crippen LogP contribution in [0.25, 0.3) is 11.0 Å². The molecule has 0 N–H and O–H groups in total. The van der Waals surface area contributed by atoms with Crippen molar-refractivity contribution in [2.24, 2.45) is 0 Å². The number of hydrogen-bond acceptors (Lipinski definition) is 3. The normalized spacial score (nSPS) is 22.9. The standard InChI is InChI=1S/C18H17Cl2N3O2S/c1-26(25)7-5-13(10-26)23-6-4-14-17(23)21-11-22(18(14)24)9-12-2-3-15(19)16(20)8-12/h2-4,6,8,11,13H,1,5,7,9-10H2. The molecule has 3 aromatic rings. The van der Waals surface area contributed by atoms with E-state index in [1.807, 2.05) is 16.8 Å². The Morgan fingerprint density at radius 1 is 1.27 bits per heavy atom.